The topological polar surface area (TPSA) is 51.4 Å². The van der Waals surface area contributed by atoms with Gasteiger partial charge in [0.25, 0.3) is 0 Å². The van der Waals surface area contributed by atoms with E-state index in [2.05, 4.69) is 16.8 Å². The summed E-state index contributed by atoms with van der Waals surface area (Å²) in [7, 11) is 1.67. The Hall–Kier alpha value is -1.29. The van der Waals surface area contributed by atoms with E-state index in [9.17, 15) is 0 Å². The molecular formula is C12H21N3O. The minimum atomic E-state index is 0.628. The van der Waals surface area contributed by atoms with Crippen LogP contribution in [0.2, 0.25) is 0 Å². The number of rotatable bonds is 7. The highest BCUT2D eigenvalue weighted by atomic mass is 16.5. The summed E-state index contributed by atoms with van der Waals surface area (Å²) in [5.41, 5.74) is 5.62. The Morgan fingerprint density at radius 3 is 2.88 bits per heavy atom. The molecule has 0 aliphatic rings. The highest BCUT2D eigenvalue weighted by Gasteiger charge is 2.11. The maximum Gasteiger partial charge on any atom is 0.171 e. The van der Waals surface area contributed by atoms with Crippen molar-refractivity contribution >= 4 is 5.82 Å². The maximum absolute atomic E-state index is 5.62. The van der Waals surface area contributed by atoms with Crippen LogP contribution in [0.25, 0.3) is 0 Å². The molecule has 0 saturated carbocycles. The number of ether oxygens (including phenoxy) is 1. The SMILES string of the molecule is CCCCN(CCN)c1ncccc1OC. The van der Waals surface area contributed by atoms with Gasteiger partial charge in [0, 0.05) is 25.8 Å². The standard InChI is InChI=1S/C12H21N3O/c1-3-4-9-15(10-7-13)12-11(16-2)6-5-8-14-12/h5-6,8H,3-4,7,9-10,13H2,1-2H3. The summed E-state index contributed by atoms with van der Waals surface area (Å²) >= 11 is 0. The second kappa shape index (κ2) is 7.06. The Morgan fingerprint density at radius 1 is 1.44 bits per heavy atom. The number of hydrogen-bond donors (Lipinski definition) is 1. The molecule has 0 bridgehead atoms. The summed E-state index contributed by atoms with van der Waals surface area (Å²) in [4.78, 5) is 6.55. The molecule has 0 aliphatic carbocycles. The molecule has 4 nitrogen and oxygen atoms in total. The first-order chi connectivity index (χ1) is 7.83. The molecule has 1 heterocycles. The number of hydrogen-bond acceptors (Lipinski definition) is 4. The van der Waals surface area contributed by atoms with Crippen molar-refractivity contribution in [3.05, 3.63) is 18.3 Å². The van der Waals surface area contributed by atoms with E-state index in [0.29, 0.717) is 6.54 Å². The number of unbranched alkanes of at least 4 members (excludes halogenated alkanes) is 1. The van der Waals surface area contributed by atoms with Crippen molar-refractivity contribution in [3.63, 3.8) is 0 Å². The third-order valence-corrected chi connectivity index (χ3v) is 2.45. The van der Waals surface area contributed by atoms with E-state index in [1.165, 1.54) is 0 Å². The predicted octanol–water partition coefficient (Wildman–Crippen LogP) is 1.66. The number of pyridine rings is 1. The van der Waals surface area contributed by atoms with Gasteiger partial charge < -0.3 is 15.4 Å². The van der Waals surface area contributed by atoms with E-state index in [0.717, 1.165) is 37.5 Å². The van der Waals surface area contributed by atoms with Crippen LogP contribution in [0.4, 0.5) is 5.82 Å². The molecule has 1 aromatic rings. The van der Waals surface area contributed by atoms with Crippen molar-refractivity contribution in [2.75, 3.05) is 31.6 Å². The molecule has 0 radical (unpaired) electrons. The molecule has 0 unspecified atom stereocenters. The Balaban J connectivity index is 2.81. The lowest BCUT2D eigenvalue weighted by molar-refractivity contribution is 0.412. The molecular weight excluding hydrogens is 202 g/mol. The summed E-state index contributed by atoms with van der Waals surface area (Å²) in [5, 5.41) is 0. The molecule has 2 N–H and O–H groups in total. The smallest absolute Gasteiger partial charge is 0.171 e. The molecule has 0 fully saturated rings. The molecule has 0 aromatic carbocycles. The summed E-state index contributed by atoms with van der Waals surface area (Å²) in [5.74, 6) is 1.70. The first kappa shape index (κ1) is 12.8. The molecule has 16 heavy (non-hydrogen) atoms. The largest absolute Gasteiger partial charge is 0.493 e. The maximum atomic E-state index is 5.62. The van der Waals surface area contributed by atoms with Gasteiger partial charge in [-0.1, -0.05) is 13.3 Å². The van der Waals surface area contributed by atoms with Crippen molar-refractivity contribution < 1.29 is 4.74 Å². The summed E-state index contributed by atoms with van der Waals surface area (Å²) in [6, 6.07) is 3.81. The van der Waals surface area contributed by atoms with Crippen LogP contribution in [0, 0.1) is 0 Å². The molecule has 1 aromatic heterocycles. The molecule has 0 saturated heterocycles. The number of methoxy groups -OCH3 is 1. The van der Waals surface area contributed by atoms with Crippen molar-refractivity contribution in [3.8, 4) is 5.75 Å². The van der Waals surface area contributed by atoms with Gasteiger partial charge in [-0.2, -0.15) is 0 Å². The molecule has 1 rings (SSSR count). The minimum Gasteiger partial charge on any atom is -0.493 e. The lowest BCUT2D eigenvalue weighted by Gasteiger charge is -2.24. The Labute approximate surface area is 97.4 Å². The van der Waals surface area contributed by atoms with Gasteiger partial charge in [-0.3, -0.25) is 0 Å². The Morgan fingerprint density at radius 2 is 2.25 bits per heavy atom. The normalized spacial score (nSPS) is 10.2. The zero-order chi connectivity index (χ0) is 11.8. The Kier molecular flexibility index (Phi) is 5.64. The number of anilines is 1. The number of nitrogens with zero attached hydrogens (tertiary/aromatic N) is 2. The summed E-state index contributed by atoms with van der Waals surface area (Å²) < 4.78 is 5.31. The zero-order valence-corrected chi connectivity index (χ0v) is 10.1. The van der Waals surface area contributed by atoms with Gasteiger partial charge in [0.15, 0.2) is 11.6 Å². The fraction of sp³-hybridized carbons (Fsp3) is 0.583. The van der Waals surface area contributed by atoms with Gasteiger partial charge >= 0.3 is 0 Å². The van der Waals surface area contributed by atoms with E-state index in [-0.39, 0.29) is 0 Å². The monoisotopic (exact) mass is 223 g/mol. The summed E-state index contributed by atoms with van der Waals surface area (Å²) in [6.07, 6.45) is 4.09. The van der Waals surface area contributed by atoms with Gasteiger partial charge in [0.1, 0.15) is 0 Å². The lowest BCUT2D eigenvalue weighted by atomic mass is 10.3. The van der Waals surface area contributed by atoms with Crippen LogP contribution in [-0.2, 0) is 0 Å². The van der Waals surface area contributed by atoms with Gasteiger partial charge in [-0.05, 0) is 18.6 Å². The average molecular weight is 223 g/mol. The predicted molar refractivity (Wildman–Crippen MR) is 67.0 cm³/mol. The molecule has 0 aliphatic heterocycles. The molecule has 0 spiro atoms. The van der Waals surface area contributed by atoms with Crippen molar-refractivity contribution in [1.82, 2.24) is 4.98 Å². The van der Waals surface area contributed by atoms with E-state index in [1.54, 1.807) is 13.3 Å². The minimum absolute atomic E-state index is 0.628. The fourth-order valence-corrected chi connectivity index (χ4v) is 1.61. The summed E-state index contributed by atoms with van der Waals surface area (Å²) in [6.45, 7) is 4.59. The van der Waals surface area contributed by atoms with Gasteiger partial charge in [0.2, 0.25) is 0 Å². The number of aromatic nitrogens is 1. The third-order valence-electron chi connectivity index (χ3n) is 2.45. The Bertz CT molecular complexity index is 304. The van der Waals surface area contributed by atoms with Crippen LogP contribution in [0.1, 0.15) is 19.8 Å². The number of nitrogens with two attached hydrogens (primary N) is 1. The van der Waals surface area contributed by atoms with Crippen LogP contribution < -0.4 is 15.4 Å². The quantitative estimate of drug-likeness (QED) is 0.763. The van der Waals surface area contributed by atoms with Crippen LogP contribution in [-0.4, -0.2) is 31.7 Å². The molecule has 0 atom stereocenters. The fourth-order valence-electron chi connectivity index (χ4n) is 1.61. The van der Waals surface area contributed by atoms with E-state index in [4.69, 9.17) is 10.5 Å². The second-order valence-corrected chi connectivity index (χ2v) is 3.66. The molecule has 90 valence electrons. The zero-order valence-electron chi connectivity index (χ0n) is 10.1. The second-order valence-electron chi connectivity index (χ2n) is 3.66. The molecule has 4 heteroatoms. The molecule has 0 amide bonds. The van der Waals surface area contributed by atoms with Gasteiger partial charge in [-0.25, -0.2) is 4.98 Å². The van der Waals surface area contributed by atoms with Crippen molar-refractivity contribution in [2.45, 2.75) is 19.8 Å². The van der Waals surface area contributed by atoms with Crippen molar-refractivity contribution in [2.24, 2.45) is 5.73 Å². The highest BCUT2D eigenvalue weighted by molar-refractivity contribution is 5.51. The van der Waals surface area contributed by atoms with E-state index >= 15 is 0 Å². The van der Waals surface area contributed by atoms with Crippen LogP contribution in [0.5, 0.6) is 5.75 Å². The van der Waals surface area contributed by atoms with Gasteiger partial charge in [0.05, 0.1) is 7.11 Å². The first-order valence-electron chi connectivity index (χ1n) is 5.77. The first-order valence-corrected chi connectivity index (χ1v) is 5.77. The van der Waals surface area contributed by atoms with E-state index < -0.39 is 0 Å². The average Bonchev–Trinajstić information content (AvgIpc) is 2.34. The highest BCUT2D eigenvalue weighted by Crippen LogP contribution is 2.24. The van der Waals surface area contributed by atoms with E-state index in [1.807, 2.05) is 12.1 Å². The van der Waals surface area contributed by atoms with Gasteiger partial charge in [-0.15, -0.1) is 0 Å². The van der Waals surface area contributed by atoms with Crippen LogP contribution >= 0.6 is 0 Å². The lowest BCUT2D eigenvalue weighted by Crippen LogP contribution is -2.31. The van der Waals surface area contributed by atoms with Crippen LogP contribution in [0.3, 0.4) is 0 Å². The van der Waals surface area contributed by atoms with Crippen molar-refractivity contribution in [1.29, 1.82) is 0 Å². The van der Waals surface area contributed by atoms with Crippen LogP contribution in [0.15, 0.2) is 18.3 Å². The third kappa shape index (κ3) is 3.38.